The van der Waals surface area contributed by atoms with Gasteiger partial charge in [-0.3, -0.25) is 4.98 Å². The molecular weight excluding hydrogens is 236 g/mol. The number of aryl methyl sites for hydroxylation is 1. The van der Waals surface area contributed by atoms with E-state index >= 15 is 0 Å². The molecule has 1 aromatic carbocycles. The average Bonchev–Trinajstić information content (AvgIpc) is 2.46. The van der Waals surface area contributed by atoms with Crippen LogP contribution in [-0.4, -0.2) is 18.1 Å². The van der Waals surface area contributed by atoms with Gasteiger partial charge in [0.05, 0.1) is 30.1 Å². The lowest BCUT2D eigenvalue weighted by molar-refractivity contribution is 0.110. The number of hydrogen-bond donors (Lipinski definition) is 1. The summed E-state index contributed by atoms with van der Waals surface area (Å²) in [5, 5.41) is 4.74. The highest BCUT2D eigenvalue weighted by Crippen LogP contribution is 2.33. The van der Waals surface area contributed by atoms with Gasteiger partial charge in [0.1, 0.15) is 0 Å². The molecule has 1 aromatic heterocycles. The molecular formula is C16H20N2O. The largest absolute Gasteiger partial charge is 0.384 e. The van der Waals surface area contributed by atoms with Crippen molar-refractivity contribution >= 4 is 16.6 Å². The number of pyridine rings is 1. The van der Waals surface area contributed by atoms with Crippen LogP contribution >= 0.6 is 0 Å². The molecule has 100 valence electrons. The third-order valence-corrected chi connectivity index (χ3v) is 3.75. The van der Waals surface area contributed by atoms with E-state index in [0.717, 1.165) is 31.5 Å². The third kappa shape index (κ3) is 2.08. The Morgan fingerprint density at radius 3 is 3.00 bits per heavy atom. The number of ether oxygens (including phenoxy) is 1. The Balaban J connectivity index is 2.31. The molecule has 0 fully saturated rings. The summed E-state index contributed by atoms with van der Waals surface area (Å²) in [5.41, 5.74) is 6.15. The van der Waals surface area contributed by atoms with Gasteiger partial charge in [0.15, 0.2) is 0 Å². The Morgan fingerprint density at radius 1 is 1.32 bits per heavy atom. The second kappa shape index (κ2) is 5.17. The van der Waals surface area contributed by atoms with E-state index in [0.29, 0.717) is 6.61 Å². The van der Waals surface area contributed by atoms with Crippen molar-refractivity contribution in [3.63, 3.8) is 0 Å². The van der Waals surface area contributed by atoms with Gasteiger partial charge in [-0.2, -0.15) is 0 Å². The van der Waals surface area contributed by atoms with E-state index in [-0.39, 0.29) is 0 Å². The van der Waals surface area contributed by atoms with Gasteiger partial charge < -0.3 is 10.1 Å². The molecule has 0 saturated carbocycles. The molecule has 0 unspecified atom stereocenters. The molecule has 3 rings (SSSR count). The summed E-state index contributed by atoms with van der Waals surface area (Å²) in [6, 6.07) is 6.46. The molecule has 0 saturated heterocycles. The Bertz CT molecular complexity index is 607. The van der Waals surface area contributed by atoms with Crippen molar-refractivity contribution in [1.82, 2.24) is 4.98 Å². The van der Waals surface area contributed by atoms with Gasteiger partial charge in [-0.05, 0) is 18.9 Å². The minimum absolute atomic E-state index is 0.678. The first-order valence-electron chi connectivity index (χ1n) is 7.10. The molecule has 0 radical (unpaired) electrons. The zero-order valence-electron chi connectivity index (χ0n) is 11.6. The third-order valence-electron chi connectivity index (χ3n) is 3.75. The average molecular weight is 256 g/mol. The maximum atomic E-state index is 5.61. The van der Waals surface area contributed by atoms with Crippen molar-refractivity contribution in [2.75, 3.05) is 18.5 Å². The fraction of sp³-hybridized carbons (Fsp3) is 0.438. The molecule has 1 aliphatic heterocycles. The Morgan fingerprint density at radius 2 is 2.21 bits per heavy atom. The van der Waals surface area contributed by atoms with Crippen LogP contribution in [0.25, 0.3) is 10.9 Å². The monoisotopic (exact) mass is 256 g/mol. The van der Waals surface area contributed by atoms with Gasteiger partial charge >= 0.3 is 0 Å². The van der Waals surface area contributed by atoms with Crippen LogP contribution in [0.15, 0.2) is 18.2 Å². The fourth-order valence-corrected chi connectivity index (χ4v) is 2.80. The minimum atomic E-state index is 0.678. The Labute approximate surface area is 114 Å². The number of benzene rings is 1. The van der Waals surface area contributed by atoms with Crippen LogP contribution in [0.4, 0.5) is 5.69 Å². The molecule has 0 bridgehead atoms. The van der Waals surface area contributed by atoms with Crippen molar-refractivity contribution in [1.29, 1.82) is 0 Å². The highest BCUT2D eigenvalue weighted by Gasteiger charge is 2.19. The molecule has 1 N–H and O–H groups in total. The number of rotatable bonds is 3. The molecule has 3 nitrogen and oxygen atoms in total. The molecule has 1 aliphatic rings. The summed E-state index contributed by atoms with van der Waals surface area (Å²) in [4.78, 5) is 4.91. The molecule has 2 aromatic rings. The number of nitrogens with zero attached hydrogens (tertiary/aromatic N) is 1. The minimum Gasteiger partial charge on any atom is -0.384 e. The smallest absolute Gasteiger partial charge is 0.0758 e. The number of anilines is 1. The lowest BCUT2D eigenvalue weighted by atomic mass is 10.00. The molecule has 0 aliphatic carbocycles. The maximum Gasteiger partial charge on any atom is 0.0758 e. The molecule has 2 heterocycles. The highest BCUT2D eigenvalue weighted by atomic mass is 16.5. The van der Waals surface area contributed by atoms with Gasteiger partial charge in [-0.15, -0.1) is 0 Å². The summed E-state index contributed by atoms with van der Waals surface area (Å²) in [6.45, 7) is 6.70. The van der Waals surface area contributed by atoms with Crippen molar-refractivity contribution < 1.29 is 4.74 Å². The topological polar surface area (TPSA) is 34.2 Å². The predicted molar refractivity (Wildman–Crippen MR) is 78.6 cm³/mol. The standard InChI is InChI=1S/C16H20N2O/c1-3-11-6-5-7-12-15(11)18-14-8-9-19-10-13(14)16(12)17-4-2/h5-7H,3-4,8-10H2,1-2H3,(H,17,18). The summed E-state index contributed by atoms with van der Waals surface area (Å²) in [5.74, 6) is 0. The van der Waals surface area contributed by atoms with Gasteiger partial charge in [0.2, 0.25) is 0 Å². The molecule has 19 heavy (non-hydrogen) atoms. The van der Waals surface area contributed by atoms with E-state index in [4.69, 9.17) is 9.72 Å². The molecule has 0 atom stereocenters. The van der Waals surface area contributed by atoms with Crippen molar-refractivity contribution in [3.05, 3.63) is 35.0 Å². The molecule has 0 spiro atoms. The summed E-state index contributed by atoms with van der Waals surface area (Å²) < 4.78 is 5.61. The maximum absolute atomic E-state index is 5.61. The summed E-state index contributed by atoms with van der Waals surface area (Å²) in [7, 11) is 0. The van der Waals surface area contributed by atoms with E-state index in [1.807, 2.05) is 0 Å². The second-order valence-electron chi connectivity index (χ2n) is 4.91. The summed E-state index contributed by atoms with van der Waals surface area (Å²) in [6.07, 6.45) is 1.94. The highest BCUT2D eigenvalue weighted by molar-refractivity contribution is 5.95. The van der Waals surface area contributed by atoms with E-state index in [1.165, 1.54) is 27.9 Å². The quantitative estimate of drug-likeness (QED) is 0.915. The Hall–Kier alpha value is -1.61. The normalized spacial score (nSPS) is 14.4. The number of nitrogens with one attached hydrogen (secondary N) is 1. The number of aromatic nitrogens is 1. The van der Waals surface area contributed by atoms with Crippen LogP contribution in [0.5, 0.6) is 0 Å². The SMILES string of the molecule is CCNc1c2c(nc3c(CC)cccc13)CCOC2. The van der Waals surface area contributed by atoms with E-state index in [9.17, 15) is 0 Å². The van der Waals surface area contributed by atoms with Crippen LogP contribution in [0.2, 0.25) is 0 Å². The van der Waals surface area contributed by atoms with Crippen LogP contribution in [0, 0.1) is 0 Å². The van der Waals surface area contributed by atoms with Crippen molar-refractivity contribution in [2.45, 2.75) is 33.3 Å². The second-order valence-corrected chi connectivity index (χ2v) is 4.91. The van der Waals surface area contributed by atoms with Crippen LogP contribution < -0.4 is 5.32 Å². The first kappa shape index (κ1) is 12.4. The number of fused-ring (bicyclic) bond motifs is 2. The first-order valence-corrected chi connectivity index (χ1v) is 7.10. The van der Waals surface area contributed by atoms with Gasteiger partial charge in [-0.25, -0.2) is 0 Å². The first-order chi connectivity index (χ1) is 9.35. The summed E-state index contributed by atoms with van der Waals surface area (Å²) >= 11 is 0. The van der Waals surface area contributed by atoms with Gasteiger partial charge in [-0.1, -0.05) is 25.1 Å². The van der Waals surface area contributed by atoms with Gasteiger partial charge in [0.25, 0.3) is 0 Å². The van der Waals surface area contributed by atoms with E-state index in [2.05, 4.69) is 37.4 Å². The van der Waals surface area contributed by atoms with Crippen molar-refractivity contribution in [3.8, 4) is 0 Å². The zero-order valence-corrected chi connectivity index (χ0v) is 11.6. The lowest BCUT2D eigenvalue weighted by Crippen LogP contribution is -2.15. The van der Waals surface area contributed by atoms with E-state index < -0.39 is 0 Å². The number of para-hydroxylation sites is 1. The van der Waals surface area contributed by atoms with Crippen molar-refractivity contribution in [2.24, 2.45) is 0 Å². The van der Waals surface area contributed by atoms with Crippen LogP contribution in [0.1, 0.15) is 30.7 Å². The van der Waals surface area contributed by atoms with E-state index in [1.54, 1.807) is 0 Å². The zero-order chi connectivity index (χ0) is 13.2. The van der Waals surface area contributed by atoms with Crippen LogP contribution in [0.3, 0.4) is 0 Å². The predicted octanol–water partition coefficient (Wildman–Crippen LogP) is 3.30. The number of hydrogen-bond acceptors (Lipinski definition) is 3. The molecule has 0 amide bonds. The lowest BCUT2D eigenvalue weighted by Gasteiger charge is -2.22. The van der Waals surface area contributed by atoms with Gasteiger partial charge in [0, 0.05) is 23.9 Å². The fourth-order valence-electron chi connectivity index (χ4n) is 2.80. The Kier molecular flexibility index (Phi) is 3.38. The van der Waals surface area contributed by atoms with Crippen LogP contribution in [-0.2, 0) is 24.2 Å². The molecule has 3 heteroatoms.